The number of thiocarbonyl (C=S) groups is 1. The van der Waals surface area contributed by atoms with E-state index >= 15 is 0 Å². The number of hydrogen-bond acceptors (Lipinski definition) is 3. The lowest BCUT2D eigenvalue weighted by atomic mass is 9.93. The first-order chi connectivity index (χ1) is 8.91. The zero-order chi connectivity index (χ0) is 14.0. The maximum absolute atomic E-state index is 5.70. The molecular weight excluding hydrogens is 256 g/mol. The smallest absolute Gasteiger partial charge is 0.123 e. The zero-order valence-corrected chi connectivity index (χ0v) is 12.7. The Hall–Kier alpha value is -1.13. The second-order valence-electron chi connectivity index (χ2n) is 6.02. The minimum absolute atomic E-state index is 0.411. The van der Waals surface area contributed by atoms with Gasteiger partial charge in [0.25, 0.3) is 0 Å². The van der Waals surface area contributed by atoms with Crippen LogP contribution in [-0.4, -0.2) is 30.1 Å². The average Bonchev–Trinajstić information content (AvgIpc) is 2.68. The Kier molecular flexibility index (Phi) is 4.11. The van der Waals surface area contributed by atoms with E-state index in [0.717, 1.165) is 36.5 Å². The Morgan fingerprint density at radius 3 is 2.74 bits per heavy atom. The molecule has 1 heterocycles. The van der Waals surface area contributed by atoms with Crippen LogP contribution in [0.15, 0.2) is 18.2 Å². The molecule has 4 heteroatoms. The van der Waals surface area contributed by atoms with Gasteiger partial charge in [-0.25, -0.2) is 0 Å². The monoisotopic (exact) mass is 278 g/mol. The molecule has 1 aliphatic heterocycles. The van der Waals surface area contributed by atoms with Crippen molar-refractivity contribution in [2.75, 3.05) is 20.2 Å². The fourth-order valence-corrected chi connectivity index (χ4v) is 2.78. The van der Waals surface area contributed by atoms with E-state index in [-0.39, 0.29) is 0 Å². The largest absolute Gasteiger partial charge is 0.496 e. The van der Waals surface area contributed by atoms with Gasteiger partial charge in [-0.15, -0.1) is 0 Å². The lowest BCUT2D eigenvalue weighted by molar-refractivity contribution is 0.279. The Balaban J connectivity index is 2.18. The molecule has 1 aromatic carbocycles. The van der Waals surface area contributed by atoms with Crippen molar-refractivity contribution in [1.82, 2.24) is 4.90 Å². The summed E-state index contributed by atoms with van der Waals surface area (Å²) >= 11 is 5.04. The number of methoxy groups -OCH3 is 1. The molecule has 3 nitrogen and oxygen atoms in total. The maximum atomic E-state index is 5.70. The Bertz CT molecular complexity index is 485. The lowest BCUT2D eigenvalue weighted by Crippen LogP contribution is -2.23. The molecule has 1 fully saturated rings. The Morgan fingerprint density at radius 1 is 1.47 bits per heavy atom. The van der Waals surface area contributed by atoms with Crippen molar-refractivity contribution in [3.05, 3.63) is 29.3 Å². The molecular formula is C15H22N2OS. The highest BCUT2D eigenvalue weighted by molar-refractivity contribution is 7.80. The fourth-order valence-electron chi connectivity index (χ4n) is 2.66. The van der Waals surface area contributed by atoms with Crippen molar-refractivity contribution in [1.29, 1.82) is 0 Å². The van der Waals surface area contributed by atoms with Gasteiger partial charge in [0.15, 0.2) is 0 Å². The van der Waals surface area contributed by atoms with Gasteiger partial charge in [-0.05, 0) is 36.6 Å². The van der Waals surface area contributed by atoms with E-state index in [1.165, 1.54) is 6.42 Å². The third-order valence-electron chi connectivity index (χ3n) is 3.72. The molecule has 0 spiro atoms. The van der Waals surface area contributed by atoms with Gasteiger partial charge in [-0.3, -0.25) is 4.90 Å². The summed E-state index contributed by atoms with van der Waals surface area (Å²) in [5.74, 6) is 0.907. The van der Waals surface area contributed by atoms with Gasteiger partial charge in [0.1, 0.15) is 10.7 Å². The van der Waals surface area contributed by atoms with Crippen LogP contribution in [0.5, 0.6) is 5.75 Å². The van der Waals surface area contributed by atoms with E-state index in [4.69, 9.17) is 22.7 Å². The van der Waals surface area contributed by atoms with Crippen LogP contribution in [0, 0.1) is 5.41 Å². The second kappa shape index (κ2) is 5.47. The van der Waals surface area contributed by atoms with Crippen LogP contribution in [-0.2, 0) is 6.54 Å². The van der Waals surface area contributed by atoms with Crippen LogP contribution in [0.3, 0.4) is 0 Å². The summed E-state index contributed by atoms with van der Waals surface area (Å²) in [5, 5.41) is 0. The quantitative estimate of drug-likeness (QED) is 0.859. The number of nitrogens with zero attached hydrogens (tertiary/aromatic N) is 1. The highest BCUT2D eigenvalue weighted by Gasteiger charge is 2.29. The van der Waals surface area contributed by atoms with Crippen molar-refractivity contribution in [3.63, 3.8) is 0 Å². The summed E-state index contributed by atoms with van der Waals surface area (Å²) in [6.07, 6.45) is 1.24. The van der Waals surface area contributed by atoms with Crippen LogP contribution in [0.2, 0.25) is 0 Å². The summed E-state index contributed by atoms with van der Waals surface area (Å²) in [7, 11) is 1.70. The molecule has 0 aliphatic carbocycles. The summed E-state index contributed by atoms with van der Waals surface area (Å²) < 4.78 is 5.43. The van der Waals surface area contributed by atoms with Gasteiger partial charge in [0, 0.05) is 24.2 Å². The predicted molar refractivity (Wildman–Crippen MR) is 82.6 cm³/mol. The van der Waals surface area contributed by atoms with Gasteiger partial charge < -0.3 is 10.5 Å². The van der Waals surface area contributed by atoms with Crippen molar-refractivity contribution < 1.29 is 4.74 Å². The minimum Gasteiger partial charge on any atom is -0.496 e. The van der Waals surface area contributed by atoms with Crippen LogP contribution in [0.25, 0.3) is 0 Å². The molecule has 0 bridgehead atoms. The topological polar surface area (TPSA) is 38.5 Å². The summed E-state index contributed by atoms with van der Waals surface area (Å²) in [6, 6.07) is 5.91. The second-order valence-corrected chi connectivity index (χ2v) is 6.46. The van der Waals surface area contributed by atoms with E-state index in [9.17, 15) is 0 Å². The number of nitrogens with two attached hydrogens (primary N) is 1. The van der Waals surface area contributed by atoms with E-state index in [2.05, 4.69) is 18.7 Å². The highest BCUT2D eigenvalue weighted by Crippen LogP contribution is 2.31. The summed E-state index contributed by atoms with van der Waals surface area (Å²) in [4.78, 5) is 2.90. The minimum atomic E-state index is 0.411. The molecule has 0 unspecified atom stereocenters. The number of ether oxygens (including phenoxy) is 1. The molecule has 2 N–H and O–H groups in total. The van der Waals surface area contributed by atoms with E-state index in [1.54, 1.807) is 7.11 Å². The number of likely N-dealkylation sites (tertiary alicyclic amines) is 1. The Labute approximate surface area is 120 Å². The SMILES string of the molecule is COc1ccc(C(N)=S)cc1CN1CCC(C)(C)C1. The van der Waals surface area contributed by atoms with Crippen molar-refractivity contribution in [2.45, 2.75) is 26.8 Å². The maximum Gasteiger partial charge on any atom is 0.123 e. The molecule has 1 saturated heterocycles. The van der Waals surface area contributed by atoms with Gasteiger partial charge in [0.2, 0.25) is 0 Å². The van der Waals surface area contributed by atoms with E-state index in [1.807, 2.05) is 18.2 Å². The van der Waals surface area contributed by atoms with Crippen LogP contribution in [0.4, 0.5) is 0 Å². The van der Waals surface area contributed by atoms with Crippen LogP contribution in [0.1, 0.15) is 31.4 Å². The molecule has 0 atom stereocenters. The van der Waals surface area contributed by atoms with Gasteiger partial charge in [-0.1, -0.05) is 26.1 Å². The van der Waals surface area contributed by atoms with Gasteiger partial charge in [-0.2, -0.15) is 0 Å². The van der Waals surface area contributed by atoms with Gasteiger partial charge >= 0.3 is 0 Å². The average molecular weight is 278 g/mol. The van der Waals surface area contributed by atoms with Crippen LogP contribution < -0.4 is 10.5 Å². The molecule has 0 amide bonds. The third-order valence-corrected chi connectivity index (χ3v) is 3.95. The molecule has 19 heavy (non-hydrogen) atoms. The zero-order valence-electron chi connectivity index (χ0n) is 11.9. The first-order valence-corrected chi connectivity index (χ1v) is 7.01. The fraction of sp³-hybridized carbons (Fsp3) is 0.533. The standard InChI is InChI=1S/C15H22N2OS/c1-15(2)6-7-17(10-15)9-12-8-11(14(16)19)4-5-13(12)18-3/h4-5,8H,6-7,9-10H2,1-3H3,(H2,16,19). The van der Waals surface area contributed by atoms with Crippen molar-refractivity contribution in [3.8, 4) is 5.75 Å². The molecule has 0 saturated carbocycles. The van der Waals surface area contributed by atoms with Crippen LogP contribution >= 0.6 is 12.2 Å². The van der Waals surface area contributed by atoms with E-state index < -0.39 is 0 Å². The van der Waals surface area contributed by atoms with E-state index in [0.29, 0.717) is 10.4 Å². The first-order valence-electron chi connectivity index (χ1n) is 6.60. The summed E-state index contributed by atoms with van der Waals surface area (Å²) in [5.41, 5.74) is 8.18. The lowest BCUT2D eigenvalue weighted by Gasteiger charge is -2.21. The number of benzene rings is 1. The highest BCUT2D eigenvalue weighted by atomic mass is 32.1. The van der Waals surface area contributed by atoms with Gasteiger partial charge in [0.05, 0.1) is 7.11 Å². The summed E-state index contributed by atoms with van der Waals surface area (Å²) in [6.45, 7) is 7.77. The molecule has 1 aromatic rings. The molecule has 104 valence electrons. The molecule has 0 radical (unpaired) electrons. The third kappa shape index (κ3) is 3.45. The predicted octanol–water partition coefficient (Wildman–Crippen LogP) is 2.56. The molecule has 1 aliphatic rings. The van der Waals surface area contributed by atoms with Crippen molar-refractivity contribution in [2.24, 2.45) is 11.1 Å². The Morgan fingerprint density at radius 2 is 2.21 bits per heavy atom. The molecule has 0 aromatic heterocycles. The van der Waals surface area contributed by atoms with Crippen molar-refractivity contribution >= 4 is 17.2 Å². The number of rotatable bonds is 4. The first kappa shape index (κ1) is 14.3. The number of hydrogen-bond donors (Lipinski definition) is 1. The normalized spacial score (nSPS) is 18.5. The molecule has 2 rings (SSSR count).